The van der Waals surface area contributed by atoms with Crippen LogP contribution in [0.5, 0.6) is 0 Å². The van der Waals surface area contributed by atoms with Crippen molar-refractivity contribution in [3.63, 3.8) is 0 Å². The van der Waals surface area contributed by atoms with Crippen molar-refractivity contribution in [1.29, 1.82) is 0 Å². The molecule has 2 N–H and O–H groups in total. The van der Waals surface area contributed by atoms with Gasteiger partial charge in [-0.3, -0.25) is 10.1 Å². The van der Waals surface area contributed by atoms with E-state index in [9.17, 15) is 22.8 Å². The molecule has 2 amide bonds. The van der Waals surface area contributed by atoms with E-state index in [1.165, 1.54) is 17.5 Å². The van der Waals surface area contributed by atoms with Crippen LogP contribution in [0.3, 0.4) is 0 Å². The van der Waals surface area contributed by atoms with E-state index in [4.69, 9.17) is 5.11 Å². The van der Waals surface area contributed by atoms with Gasteiger partial charge in [0.15, 0.2) is 16.8 Å². The fourth-order valence-corrected chi connectivity index (χ4v) is 5.26. The molecule has 0 saturated heterocycles. The summed E-state index contributed by atoms with van der Waals surface area (Å²) < 4.78 is 41.5. The lowest BCUT2D eigenvalue weighted by Crippen LogP contribution is -2.45. The number of aromatic nitrogens is 1. The SMILES string of the molecule is CC1CCC(N(CCc2cc(F)c(F)cc2F)C(=O)Nc2ncc(SCC(=O)O)s2)CC1. The van der Waals surface area contributed by atoms with Gasteiger partial charge in [0, 0.05) is 18.7 Å². The van der Waals surface area contributed by atoms with Crippen molar-refractivity contribution in [2.24, 2.45) is 5.92 Å². The summed E-state index contributed by atoms with van der Waals surface area (Å²) in [6.45, 7) is 2.29. The molecule has 1 aromatic carbocycles. The summed E-state index contributed by atoms with van der Waals surface area (Å²) >= 11 is 2.28. The summed E-state index contributed by atoms with van der Waals surface area (Å²) in [6.07, 6.45) is 5.05. The zero-order valence-electron chi connectivity index (χ0n) is 17.4. The van der Waals surface area contributed by atoms with E-state index < -0.39 is 29.5 Å². The van der Waals surface area contributed by atoms with Gasteiger partial charge >= 0.3 is 12.0 Å². The van der Waals surface area contributed by atoms with E-state index >= 15 is 0 Å². The van der Waals surface area contributed by atoms with Gasteiger partial charge in [0.1, 0.15) is 5.82 Å². The highest BCUT2D eigenvalue weighted by molar-refractivity contribution is 8.01. The third-order valence-corrected chi connectivity index (χ3v) is 7.53. The largest absolute Gasteiger partial charge is 0.481 e. The summed E-state index contributed by atoms with van der Waals surface area (Å²) in [6, 6.07) is 0.886. The second-order valence-corrected chi connectivity index (χ2v) is 10.1. The van der Waals surface area contributed by atoms with Crippen LogP contribution in [-0.2, 0) is 11.2 Å². The molecule has 1 aliphatic rings. The van der Waals surface area contributed by atoms with E-state index in [-0.39, 0.29) is 30.3 Å². The highest BCUT2D eigenvalue weighted by Crippen LogP contribution is 2.30. The molecule has 1 fully saturated rings. The Morgan fingerprint density at radius 3 is 2.56 bits per heavy atom. The molecule has 0 atom stereocenters. The minimum absolute atomic E-state index is 0.00693. The number of nitrogens with zero attached hydrogens (tertiary/aromatic N) is 2. The number of amides is 2. The Hall–Kier alpha value is -2.27. The molecular weight excluding hydrogens is 463 g/mol. The molecule has 174 valence electrons. The number of carbonyl (C=O) groups excluding carboxylic acids is 1. The number of aliphatic carboxylic acids is 1. The standard InChI is InChI=1S/C21H24F3N3O3S2/c1-12-2-4-14(5-3-12)27(7-6-13-8-16(23)17(24)9-15(13)22)21(30)26-20-25-10-19(32-20)31-11-18(28)29/h8-10,12,14H,2-7,11H2,1H3,(H,28,29)(H,25,26,30). The molecule has 0 bridgehead atoms. The van der Waals surface area contributed by atoms with Crippen LogP contribution < -0.4 is 5.32 Å². The van der Waals surface area contributed by atoms with Crippen LogP contribution in [0.4, 0.5) is 23.1 Å². The van der Waals surface area contributed by atoms with Gasteiger partial charge in [0.25, 0.3) is 0 Å². The predicted molar refractivity (Wildman–Crippen MR) is 118 cm³/mol. The molecule has 1 saturated carbocycles. The number of thiazole rings is 1. The summed E-state index contributed by atoms with van der Waals surface area (Å²) in [5.41, 5.74) is 0.00693. The van der Waals surface area contributed by atoms with E-state index in [1.807, 2.05) is 0 Å². The van der Waals surface area contributed by atoms with Crippen LogP contribution in [0, 0.1) is 23.4 Å². The molecule has 0 spiro atoms. The van der Waals surface area contributed by atoms with Gasteiger partial charge in [0.05, 0.1) is 16.2 Å². The Balaban J connectivity index is 1.70. The van der Waals surface area contributed by atoms with E-state index in [0.29, 0.717) is 21.3 Å². The molecule has 1 heterocycles. The smallest absolute Gasteiger partial charge is 0.323 e. The number of carbonyl (C=O) groups is 2. The zero-order chi connectivity index (χ0) is 23.3. The number of rotatable bonds is 8. The Kier molecular flexibility index (Phi) is 8.41. The number of hydrogen-bond donors (Lipinski definition) is 2. The van der Waals surface area contributed by atoms with Crippen LogP contribution in [0.2, 0.25) is 0 Å². The molecule has 0 radical (unpaired) electrons. The lowest BCUT2D eigenvalue weighted by molar-refractivity contribution is -0.133. The highest BCUT2D eigenvalue weighted by atomic mass is 32.2. The number of carboxylic acids is 1. The second kappa shape index (κ2) is 11.0. The van der Waals surface area contributed by atoms with Crippen LogP contribution >= 0.6 is 23.1 Å². The number of urea groups is 1. The molecule has 32 heavy (non-hydrogen) atoms. The number of hydrogen-bond acceptors (Lipinski definition) is 5. The van der Waals surface area contributed by atoms with Gasteiger partial charge in [-0.05, 0) is 49.7 Å². The van der Waals surface area contributed by atoms with Crippen LogP contribution in [0.25, 0.3) is 0 Å². The van der Waals surface area contributed by atoms with E-state index in [2.05, 4.69) is 17.2 Å². The van der Waals surface area contributed by atoms with Crippen molar-refractivity contribution in [3.8, 4) is 0 Å². The topological polar surface area (TPSA) is 82.5 Å². The van der Waals surface area contributed by atoms with Gasteiger partial charge in [-0.2, -0.15) is 0 Å². The van der Waals surface area contributed by atoms with Crippen molar-refractivity contribution in [1.82, 2.24) is 9.88 Å². The van der Waals surface area contributed by atoms with E-state index in [0.717, 1.165) is 43.5 Å². The third kappa shape index (κ3) is 6.61. The molecule has 0 unspecified atom stereocenters. The molecule has 1 aliphatic carbocycles. The first-order valence-electron chi connectivity index (χ1n) is 10.2. The molecular formula is C21H24F3N3O3S2. The Morgan fingerprint density at radius 1 is 1.19 bits per heavy atom. The lowest BCUT2D eigenvalue weighted by atomic mass is 9.86. The molecule has 6 nitrogen and oxygen atoms in total. The third-order valence-electron chi connectivity index (χ3n) is 5.43. The first kappa shape index (κ1) is 24.4. The molecule has 2 aromatic rings. The van der Waals surface area contributed by atoms with Crippen LogP contribution in [0.1, 0.15) is 38.2 Å². The summed E-state index contributed by atoms with van der Waals surface area (Å²) in [7, 11) is 0. The number of thioether (sulfide) groups is 1. The molecule has 11 heteroatoms. The number of anilines is 1. The molecule has 1 aromatic heterocycles. The van der Waals surface area contributed by atoms with Crippen molar-refractivity contribution in [2.75, 3.05) is 17.6 Å². The average Bonchev–Trinajstić information content (AvgIpc) is 3.18. The minimum atomic E-state index is -1.25. The summed E-state index contributed by atoms with van der Waals surface area (Å²) in [4.78, 5) is 29.5. The Bertz CT molecular complexity index is 965. The number of carboxylic acid groups (broad SMARTS) is 1. The fraction of sp³-hybridized carbons (Fsp3) is 0.476. The maximum Gasteiger partial charge on any atom is 0.323 e. The Labute approximate surface area is 192 Å². The monoisotopic (exact) mass is 487 g/mol. The lowest BCUT2D eigenvalue weighted by Gasteiger charge is -2.36. The van der Waals surface area contributed by atoms with Gasteiger partial charge < -0.3 is 10.0 Å². The van der Waals surface area contributed by atoms with Gasteiger partial charge in [-0.25, -0.2) is 22.9 Å². The molecule has 0 aliphatic heterocycles. The van der Waals surface area contributed by atoms with Crippen molar-refractivity contribution in [3.05, 3.63) is 41.3 Å². The predicted octanol–water partition coefficient (Wildman–Crippen LogP) is 5.39. The maximum atomic E-state index is 14.1. The van der Waals surface area contributed by atoms with Crippen molar-refractivity contribution >= 4 is 40.2 Å². The minimum Gasteiger partial charge on any atom is -0.481 e. The number of nitrogens with one attached hydrogen (secondary N) is 1. The first-order chi connectivity index (χ1) is 15.2. The van der Waals surface area contributed by atoms with Crippen molar-refractivity contribution < 1.29 is 27.9 Å². The van der Waals surface area contributed by atoms with Crippen molar-refractivity contribution in [2.45, 2.75) is 49.3 Å². The first-order valence-corrected chi connectivity index (χ1v) is 12.0. The average molecular weight is 488 g/mol. The van der Waals surface area contributed by atoms with Crippen LogP contribution in [-0.4, -0.2) is 45.3 Å². The maximum absolute atomic E-state index is 14.1. The Morgan fingerprint density at radius 2 is 1.88 bits per heavy atom. The van der Waals surface area contributed by atoms with E-state index in [1.54, 1.807) is 4.90 Å². The summed E-state index contributed by atoms with van der Waals surface area (Å²) in [5.74, 6) is -3.72. The number of halogens is 3. The quantitative estimate of drug-likeness (QED) is 0.385. The number of benzene rings is 1. The van der Waals surface area contributed by atoms with Gasteiger partial charge in [-0.1, -0.05) is 18.3 Å². The zero-order valence-corrected chi connectivity index (χ0v) is 19.1. The second-order valence-electron chi connectivity index (χ2n) is 7.81. The van der Waals surface area contributed by atoms with Gasteiger partial charge in [-0.15, -0.1) is 11.8 Å². The highest BCUT2D eigenvalue weighted by Gasteiger charge is 2.28. The fourth-order valence-electron chi connectivity index (χ4n) is 3.68. The molecule has 3 rings (SSSR count). The summed E-state index contributed by atoms with van der Waals surface area (Å²) in [5, 5.41) is 11.8. The van der Waals surface area contributed by atoms with Crippen LogP contribution in [0.15, 0.2) is 22.5 Å². The van der Waals surface area contributed by atoms with Gasteiger partial charge in [0.2, 0.25) is 0 Å². The normalized spacial score (nSPS) is 18.4.